The fourth-order valence-electron chi connectivity index (χ4n) is 1.60. The van der Waals surface area contributed by atoms with Crippen molar-refractivity contribution in [3.05, 3.63) is 28.3 Å². The SMILES string of the molecule is CON=C1CCOc2cc(C)c(Cl)cc21. The fraction of sp³-hybridized carbons (Fsp3) is 0.364. The largest absolute Gasteiger partial charge is 0.492 e. The van der Waals surface area contributed by atoms with E-state index < -0.39 is 0 Å². The molecule has 0 aliphatic carbocycles. The zero-order chi connectivity index (χ0) is 10.8. The van der Waals surface area contributed by atoms with Gasteiger partial charge in [0.1, 0.15) is 12.9 Å². The van der Waals surface area contributed by atoms with Crippen LogP contribution < -0.4 is 4.74 Å². The second-order valence-corrected chi connectivity index (χ2v) is 3.82. The third-order valence-electron chi connectivity index (χ3n) is 2.37. The number of hydrogen-bond acceptors (Lipinski definition) is 3. The Morgan fingerprint density at radius 3 is 3.00 bits per heavy atom. The smallest absolute Gasteiger partial charge is 0.128 e. The van der Waals surface area contributed by atoms with Crippen molar-refractivity contribution in [3.63, 3.8) is 0 Å². The molecule has 0 spiro atoms. The van der Waals surface area contributed by atoms with Crippen molar-refractivity contribution >= 4 is 17.3 Å². The van der Waals surface area contributed by atoms with Crippen LogP contribution in [0.5, 0.6) is 5.75 Å². The van der Waals surface area contributed by atoms with Crippen molar-refractivity contribution in [2.24, 2.45) is 5.16 Å². The van der Waals surface area contributed by atoms with Gasteiger partial charge in [0.05, 0.1) is 12.3 Å². The number of benzene rings is 1. The molecule has 0 atom stereocenters. The number of aryl methyl sites for hydroxylation is 1. The first-order valence-corrected chi connectivity index (χ1v) is 5.13. The first kappa shape index (κ1) is 10.3. The minimum Gasteiger partial charge on any atom is -0.492 e. The van der Waals surface area contributed by atoms with Crippen LogP contribution in [0, 0.1) is 6.92 Å². The van der Waals surface area contributed by atoms with E-state index in [1.165, 1.54) is 7.11 Å². The van der Waals surface area contributed by atoms with E-state index in [0.717, 1.165) is 34.0 Å². The lowest BCUT2D eigenvalue weighted by atomic mass is 10.0. The Morgan fingerprint density at radius 1 is 1.47 bits per heavy atom. The van der Waals surface area contributed by atoms with Gasteiger partial charge in [-0.05, 0) is 24.6 Å². The van der Waals surface area contributed by atoms with E-state index in [9.17, 15) is 0 Å². The number of hydrogen-bond donors (Lipinski definition) is 0. The van der Waals surface area contributed by atoms with Crippen molar-refractivity contribution in [2.75, 3.05) is 13.7 Å². The van der Waals surface area contributed by atoms with Gasteiger partial charge in [-0.2, -0.15) is 0 Å². The second-order valence-electron chi connectivity index (χ2n) is 3.42. The Bertz CT molecular complexity index is 415. The zero-order valence-corrected chi connectivity index (χ0v) is 9.47. The minimum absolute atomic E-state index is 0.635. The van der Waals surface area contributed by atoms with Crippen molar-refractivity contribution in [2.45, 2.75) is 13.3 Å². The summed E-state index contributed by atoms with van der Waals surface area (Å²) in [7, 11) is 1.54. The molecule has 0 N–H and O–H groups in total. The molecule has 0 aromatic heterocycles. The van der Waals surface area contributed by atoms with Gasteiger partial charge in [-0.25, -0.2) is 0 Å². The molecule has 0 saturated heterocycles. The molecule has 0 unspecified atom stereocenters. The summed E-state index contributed by atoms with van der Waals surface area (Å²) in [5.74, 6) is 0.832. The standard InChI is InChI=1S/C11H12ClNO2/c1-7-5-11-8(6-9(7)12)10(13-14-2)3-4-15-11/h5-6H,3-4H2,1-2H3. The number of fused-ring (bicyclic) bond motifs is 1. The third kappa shape index (κ3) is 1.92. The summed E-state index contributed by atoms with van der Waals surface area (Å²) >= 11 is 6.06. The molecule has 3 nitrogen and oxygen atoms in total. The zero-order valence-electron chi connectivity index (χ0n) is 8.71. The van der Waals surface area contributed by atoms with E-state index in [1.807, 2.05) is 19.1 Å². The van der Waals surface area contributed by atoms with Gasteiger partial charge >= 0.3 is 0 Å². The maximum Gasteiger partial charge on any atom is 0.128 e. The highest BCUT2D eigenvalue weighted by Gasteiger charge is 2.18. The molecular weight excluding hydrogens is 214 g/mol. The lowest BCUT2D eigenvalue weighted by Crippen LogP contribution is -2.16. The predicted octanol–water partition coefficient (Wildman–Crippen LogP) is 2.78. The van der Waals surface area contributed by atoms with Gasteiger partial charge in [-0.15, -0.1) is 0 Å². The van der Waals surface area contributed by atoms with Gasteiger partial charge in [0, 0.05) is 17.0 Å². The lowest BCUT2D eigenvalue weighted by Gasteiger charge is -2.19. The van der Waals surface area contributed by atoms with E-state index in [4.69, 9.17) is 21.2 Å². The molecule has 1 aliphatic heterocycles. The van der Waals surface area contributed by atoms with Gasteiger partial charge in [-0.3, -0.25) is 0 Å². The molecule has 0 fully saturated rings. The van der Waals surface area contributed by atoms with E-state index in [2.05, 4.69) is 5.16 Å². The molecule has 4 heteroatoms. The highest BCUT2D eigenvalue weighted by atomic mass is 35.5. The minimum atomic E-state index is 0.635. The normalized spacial score (nSPS) is 17.1. The first-order valence-electron chi connectivity index (χ1n) is 4.75. The first-order chi connectivity index (χ1) is 7.22. The maximum absolute atomic E-state index is 6.06. The molecule has 15 heavy (non-hydrogen) atoms. The van der Waals surface area contributed by atoms with Gasteiger partial charge < -0.3 is 9.57 Å². The molecule has 0 radical (unpaired) electrons. The predicted molar refractivity (Wildman–Crippen MR) is 59.8 cm³/mol. The number of oxime groups is 1. The van der Waals surface area contributed by atoms with E-state index in [1.54, 1.807) is 0 Å². The molecule has 2 rings (SSSR count). The lowest BCUT2D eigenvalue weighted by molar-refractivity contribution is 0.210. The van der Waals surface area contributed by atoms with Crippen LogP contribution in [-0.2, 0) is 4.84 Å². The third-order valence-corrected chi connectivity index (χ3v) is 2.78. The van der Waals surface area contributed by atoms with Crippen LogP contribution >= 0.6 is 11.6 Å². The van der Waals surface area contributed by atoms with Crippen LogP contribution in [0.25, 0.3) is 0 Å². The molecule has 1 aromatic carbocycles. The quantitative estimate of drug-likeness (QED) is 0.688. The maximum atomic E-state index is 6.06. The van der Waals surface area contributed by atoms with Crippen LogP contribution in [0.15, 0.2) is 17.3 Å². The molecule has 0 saturated carbocycles. The summed E-state index contributed by atoms with van der Waals surface area (Å²) in [5.41, 5.74) is 2.83. The summed E-state index contributed by atoms with van der Waals surface area (Å²) < 4.78 is 5.54. The molecule has 1 aromatic rings. The molecule has 0 bridgehead atoms. The van der Waals surface area contributed by atoms with E-state index in [-0.39, 0.29) is 0 Å². The van der Waals surface area contributed by atoms with Crippen LogP contribution in [0.2, 0.25) is 5.02 Å². The summed E-state index contributed by atoms with van der Waals surface area (Å²) in [6, 6.07) is 3.81. The average Bonchev–Trinajstić information content (AvgIpc) is 2.21. The van der Waals surface area contributed by atoms with Crippen LogP contribution in [0.4, 0.5) is 0 Å². The molecule has 80 valence electrons. The monoisotopic (exact) mass is 225 g/mol. The number of ether oxygens (including phenoxy) is 1. The second kappa shape index (κ2) is 4.11. The highest BCUT2D eigenvalue weighted by Crippen LogP contribution is 2.30. The van der Waals surface area contributed by atoms with Crippen LogP contribution in [-0.4, -0.2) is 19.4 Å². The Morgan fingerprint density at radius 2 is 2.27 bits per heavy atom. The van der Waals surface area contributed by atoms with Gasteiger partial charge in [0.25, 0.3) is 0 Å². The topological polar surface area (TPSA) is 30.8 Å². The summed E-state index contributed by atoms with van der Waals surface area (Å²) in [5, 5.41) is 4.70. The Labute approximate surface area is 93.6 Å². The summed E-state index contributed by atoms with van der Waals surface area (Å²) in [6.07, 6.45) is 0.750. The molecule has 0 amide bonds. The fourth-order valence-corrected chi connectivity index (χ4v) is 1.76. The van der Waals surface area contributed by atoms with Gasteiger partial charge in [0.2, 0.25) is 0 Å². The average molecular weight is 226 g/mol. The van der Waals surface area contributed by atoms with Crippen molar-refractivity contribution in [1.29, 1.82) is 0 Å². The molecular formula is C11H12ClNO2. The summed E-state index contributed by atoms with van der Waals surface area (Å²) in [6.45, 7) is 2.59. The van der Waals surface area contributed by atoms with Crippen molar-refractivity contribution < 1.29 is 9.57 Å². The molecule has 1 heterocycles. The molecule has 1 aliphatic rings. The van der Waals surface area contributed by atoms with Gasteiger partial charge in [-0.1, -0.05) is 16.8 Å². The van der Waals surface area contributed by atoms with Crippen LogP contribution in [0.3, 0.4) is 0 Å². The Kier molecular flexibility index (Phi) is 2.82. The number of rotatable bonds is 1. The van der Waals surface area contributed by atoms with Crippen molar-refractivity contribution in [1.82, 2.24) is 0 Å². The van der Waals surface area contributed by atoms with Gasteiger partial charge in [0.15, 0.2) is 0 Å². The Balaban J connectivity index is 2.52. The van der Waals surface area contributed by atoms with E-state index in [0.29, 0.717) is 6.61 Å². The summed E-state index contributed by atoms with van der Waals surface area (Å²) in [4.78, 5) is 4.80. The van der Waals surface area contributed by atoms with Crippen molar-refractivity contribution in [3.8, 4) is 5.75 Å². The number of nitrogens with zero attached hydrogens (tertiary/aromatic N) is 1. The Hall–Kier alpha value is -1.22. The highest BCUT2D eigenvalue weighted by molar-refractivity contribution is 6.32. The number of halogens is 1. The van der Waals surface area contributed by atoms with E-state index >= 15 is 0 Å². The van der Waals surface area contributed by atoms with Crippen LogP contribution in [0.1, 0.15) is 17.5 Å².